The van der Waals surface area contributed by atoms with E-state index in [1.807, 2.05) is 12.1 Å². The normalized spacial score (nSPS) is 24.3. The van der Waals surface area contributed by atoms with Crippen molar-refractivity contribution in [2.45, 2.75) is 6.42 Å². The van der Waals surface area contributed by atoms with Crippen molar-refractivity contribution in [3.8, 4) is 0 Å². The summed E-state index contributed by atoms with van der Waals surface area (Å²) in [5.41, 5.74) is 0.924. The molecular weight excluding hydrogens is 316 g/mol. The molecule has 0 radical (unpaired) electrons. The third kappa shape index (κ3) is 3.65. The lowest BCUT2D eigenvalue weighted by Crippen LogP contribution is -2.27. The molecule has 0 aromatic carbocycles. The van der Waals surface area contributed by atoms with E-state index in [9.17, 15) is 4.79 Å². The molecule has 7 nitrogen and oxygen atoms in total. The number of hydrogen-bond acceptors (Lipinski definition) is 6. The highest BCUT2D eigenvalue weighted by Gasteiger charge is 2.55. The number of hydrogen-bond donors (Lipinski definition) is 1. The third-order valence-electron chi connectivity index (χ3n) is 5.02. The topological polar surface area (TPSA) is 83.9 Å². The van der Waals surface area contributed by atoms with Crippen LogP contribution in [0.25, 0.3) is 6.08 Å². The van der Waals surface area contributed by atoms with E-state index in [-0.39, 0.29) is 5.91 Å². The van der Waals surface area contributed by atoms with Crippen molar-refractivity contribution in [1.29, 1.82) is 0 Å². The first-order chi connectivity index (χ1) is 12.3. The van der Waals surface area contributed by atoms with Crippen LogP contribution in [0.5, 0.6) is 0 Å². The summed E-state index contributed by atoms with van der Waals surface area (Å²) in [7, 11) is 0. The van der Waals surface area contributed by atoms with Crippen molar-refractivity contribution < 1.29 is 4.79 Å². The van der Waals surface area contributed by atoms with Crippen LogP contribution in [0.3, 0.4) is 0 Å². The van der Waals surface area contributed by atoms with Crippen molar-refractivity contribution in [3.63, 3.8) is 0 Å². The maximum atomic E-state index is 11.9. The first-order valence-electron chi connectivity index (χ1n) is 8.54. The maximum absolute atomic E-state index is 11.9. The number of rotatable bonds is 6. The number of aromatic nitrogens is 4. The molecule has 2 aromatic rings. The predicted molar refractivity (Wildman–Crippen MR) is 93.4 cm³/mol. The van der Waals surface area contributed by atoms with Crippen LogP contribution in [0.15, 0.2) is 43.3 Å². The van der Waals surface area contributed by atoms with Gasteiger partial charge in [0.15, 0.2) is 0 Å². The highest BCUT2D eigenvalue weighted by molar-refractivity contribution is 5.91. The predicted octanol–water partition coefficient (Wildman–Crippen LogP) is 1.17. The standard InChI is InChI=1S/C18H20N6O/c25-17(4-3-13-2-1-6-19-8-13)21-7-5-14-15-9-24(10-16(14)15)18-22-11-20-12-23-18/h1-4,6,8,11-12,14-16H,5,7,9-10H2,(H,21,25)/b4-3+/t14-,15+,16-. The minimum atomic E-state index is -0.0542. The molecule has 128 valence electrons. The average Bonchev–Trinajstić information content (AvgIpc) is 3.11. The molecule has 0 spiro atoms. The van der Waals surface area contributed by atoms with E-state index in [0.29, 0.717) is 17.8 Å². The number of amides is 1. The molecule has 2 aromatic heterocycles. The minimum Gasteiger partial charge on any atom is -0.353 e. The zero-order valence-corrected chi connectivity index (χ0v) is 13.8. The Morgan fingerprint density at radius 3 is 2.76 bits per heavy atom. The summed E-state index contributed by atoms with van der Waals surface area (Å²) >= 11 is 0. The van der Waals surface area contributed by atoms with E-state index in [1.54, 1.807) is 24.5 Å². The van der Waals surface area contributed by atoms with Gasteiger partial charge in [0.25, 0.3) is 0 Å². The molecule has 1 aliphatic carbocycles. The van der Waals surface area contributed by atoms with Gasteiger partial charge in [0.2, 0.25) is 11.9 Å². The van der Waals surface area contributed by atoms with Crippen molar-refractivity contribution in [2.24, 2.45) is 17.8 Å². The summed E-state index contributed by atoms with van der Waals surface area (Å²) in [5, 5.41) is 2.96. The molecule has 2 fully saturated rings. The minimum absolute atomic E-state index is 0.0542. The van der Waals surface area contributed by atoms with Gasteiger partial charge in [-0.2, -0.15) is 0 Å². The summed E-state index contributed by atoms with van der Waals surface area (Å²) in [6.07, 6.45) is 10.9. The summed E-state index contributed by atoms with van der Waals surface area (Å²) in [4.78, 5) is 30.4. The molecule has 1 aliphatic heterocycles. The first-order valence-corrected chi connectivity index (χ1v) is 8.54. The fourth-order valence-corrected chi connectivity index (χ4v) is 3.70. The van der Waals surface area contributed by atoms with Crippen molar-refractivity contribution in [2.75, 3.05) is 24.5 Å². The summed E-state index contributed by atoms with van der Waals surface area (Å²) in [5.74, 6) is 2.84. The molecule has 0 unspecified atom stereocenters. The van der Waals surface area contributed by atoms with Gasteiger partial charge in [-0.25, -0.2) is 15.0 Å². The van der Waals surface area contributed by atoms with Crippen LogP contribution < -0.4 is 10.2 Å². The van der Waals surface area contributed by atoms with Crippen molar-refractivity contribution in [1.82, 2.24) is 25.3 Å². The number of carbonyl (C=O) groups is 1. The van der Waals surface area contributed by atoms with Crippen molar-refractivity contribution >= 4 is 17.9 Å². The van der Waals surface area contributed by atoms with Crippen LogP contribution >= 0.6 is 0 Å². The van der Waals surface area contributed by atoms with Gasteiger partial charge in [0.1, 0.15) is 12.7 Å². The van der Waals surface area contributed by atoms with E-state index in [0.717, 1.165) is 37.6 Å². The highest BCUT2D eigenvalue weighted by Crippen LogP contribution is 2.53. The van der Waals surface area contributed by atoms with Gasteiger partial charge in [0.05, 0.1) is 0 Å². The molecular formula is C18H20N6O. The van der Waals surface area contributed by atoms with Gasteiger partial charge >= 0.3 is 0 Å². The second-order valence-electron chi connectivity index (χ2n) is 6.53. The number of piperidine rings is 1. The third-order valence-corrected chi connectivity index (χ3v) is 5.02. The van der Waals surface area contributed by atoms with Crippen LogP contribution in [-0.4, -0.2) is 45.5 Å². The van der Waals surface area contributed by atoms with Gasteiger partial charge in [-0.05, 0) is 41.9 Å². The molecule has 1 amide bonds. The monoisotopic (exact) mass is 336 g/mol. The SMILES string of the molecule is O=C(/C=C/c1cccnc1)NCC[C@H]1[C@H]2CN(c3ncncn3)C[C@@H]12. The summed E-state index contributed by atoms with van der Waals surface area (Å²) in [6, 6.07) is 3.77. The summed E-state index contributed by atoms with van der Waals surface area (Å²) in [6.45, 7) is 2.74. The van der Waals surface area contributed by atoms with Gasteiger partial charge in [-0.15, -0.1) is 0 Å². The molecule has 1 N–H and O–H groups in total. The molecule has 3 heterocycles. The number of anilines is 1. The largest absolute Gasteiger partial charge is 0.353 e. The van der Waals surface area contributed by atoms with Crippen LogP contribution in [0.4, 0.5) is 5.95 Å². The smallest absolute Gasteiger partial charge is 0.244 e. The van der Waals surface area contributed by atoms with Gasteiger partial charge in [-0.3, -0.25) is 9.78 Å². The Bertz CT molecular complexity index is 739. The maximum Gasteiger partial charge on any atom is 0.244 e. The second-order valence-corrected chi connectivity index (χ2v) is 6.53. The fourth-order valence-electron chi connectivity index (χ4n) is 3.70. The van der Waals surface area contributed by atoms with Crippen LogP contribution in [0.1, 0.15) is 12.0 Å². The molecule has 2 aliphatic rings. The van der Waals surface area contributed by atoms with E-state index < -0.39 is 0 Å². The molecule has 0 bridgehead atoms. The van der Waals surface area contributed by atoms with Gasteiger partial charge < -0.3 is 10.2 Å². The Hall–Kier alpha value is -2.83. The molecule has 1 saturated carbocycles. The quantitative estimate of drug-likeness (QED) is 0.797. The molecule has 4 rings (SSSR count). The highest BCUT2D eigenvalue weighted by atomic mass is 16.1. The molecule has 1 saturated heterocycles. The Labute approximate surface area is 146 Å². The van der Waals surface area contributed by atoms with E-state index >= 15 is 0 Å². The Morgan fingerprint density at radius 2 is 2.04 bits per heavy atom. The van der Waals surface area contributed by atoms with Gasteiger partial charge in [0, 0.05) is 38.1 Å². The number of fused-ring (bicyclic) bond motifs is 1. The number of carbonyl (C=O) groups excluding carboxylic acids is 1. The lowest BCUT2D eigenvalue weighted by molar-refractivity contribution is -0.116. The number of nitrogens with one attached hydrogen (secondary N) is 1. The summed E-state index contributed by atoms with van der Waals surface area (Å²) < 4.78 is 0. The van der Waals surface area contributed by atoms with Crippen LogP contribution in [0, 0.1) is 17.8 Å². The lowest BCUT2D eigenvalue weighted by Gasteiger charge is -2.19. The van der Waals surface area contributed by atoms with E-state index in [1.165, 1.54) is 12.7 Å². The zero-order chi connectivity index (χ0) is 17.1. The molecule has 3 atom stereocenters. The Morgan fingerprint density at radius 1 is 1.24 bits per heavy atom. The zero-order valence-electron chi connectivity index (χ0n) is 13.8. The molecule has 25 heavy (non-hydrogen) atoms. The van der Waals surface area contributed by atoms with E-state index in [4.69, 9.17) is 0 Å². The Balaban J connectivity index is 1.17. The number of pyridine rings is 1. The second kappa shape index (κ2) is 6.96. The van der Waals surface area contributed by atoms with Crippen molar-refractivity contribution in [3.05, 3.63) is 48.8 Å². The number of nitrogens with zero attached hydrogens (tertiary/aromatic N) is 5. The Kier molecular flexibility index (Phi) is 4.37. The molecule has 7 heteroatoms. The first kappa shape index (κ1) is 15.7. The van der Waals surface area contributed by atoms with Crippen LogP contribution in [-0.2, 0) is 4.79 Å². The average molecular weight is 336 g/mol. The van der Waals surface area contributed by atoms with Crippen LogP contribution in [0.2, 0.25) is 0 Å². The van der Waals surface area contributed by atoms with E-state index in [2.05, 4.69) is 30.2 Å². The van der Waals surface area contributed by atoms with Gasteiger partial charge in [-0.1, -0.05) is 6.07 Å². The lowest BCUT2D eigenvalue weighted by atomic mass is 10.2. The fraction of sp³-hybridized carbons (Fsp3) is 0.389.